The van der Waals surface area contributed by atoms with Crippen LogP contribution in [0, 0.1) is 12.7 Å². The predicted molar refractivity (Wildman–Crippen MR) is 111 cm³/mol. The van der Waals surface area contributed by atoms with Crippen molar-refractivity contribution in [2.24, 2.45) is 0 Å². The normalized spacial score (nSPS) is 19.9. The maximum absolute atomic E-state index is 13.6. The first-order chi connectivity index (χ1) is 14.3. The highest BCUT2D eigenvalue weighted by atomic mass is 32.2. The highest BCUT2D eigenvalue weighted by Crippen LogP contribution is 2.36. The van der Waals surface area contributed by atoms with Gasteiger partial charge in [-0.25, -0.2) is 22.8 Å². The van der Waals surface area contributed by atoms with Gasteiger partial charge in [0.1, 0.15) is 17.5 Å². The van der Waals surface area contributed by atoms with Gasteiger partial charge >= 0.3 is 0 Å². The lowest BCUT2D eigenvalue weighted by Crippen LogP contribution is -2.40. The van der Waals surface area contributed by atoms with Crippen molar-refractivity contribution in [2.45, 2.75) is 52.1 Å². The second-order valence-electron chi connectivity index (χ2n) is 7.78. The lowest BCUT2D eigenvalue weighted by Gasteiger charge is -2.33. The third-order valence-corrected chi connectivity index (χ3v) is 7.68. The van der Waals surface area contributed by atoms with Gasteiger partial charge < -0.3 is 0 Å². The molecule has 0 saturated carbocycles. The Hall–Kier alpha value is -2.39. The standard InChI is InChI=1S/C21H25FN4O3S/c1-3-30(28,29)26-10-5-4-9-18(26)20-23-14(2)17-12-19(27)25(21(17)24-20)13-15-7-6-8-16(22)11-15/h6-8,11,18H,3-5,9-10,12-13H2,1-2H3/t18-/m1/s1. The molecule has 2 aromatic rings. The predicted octanol–water partition coefficient (Wildman–Crippen LogP) is 2.89. The molecular weight excluding hydrogens is 407 g/mol. The van der Waals surface area contributed by atoms with Crippen LogP contribution >= 0.6 is 0 Å². The number of halogens is 1. The molecule has 1 fully saturated rings. The van der Waals surface area contributed by atoms with Gasteiger partial charge in [0.2, 0.25) is 15.9 Å². The highest BCUT2D eigenvalue weighted by Gasteiger charge is 2.37. The zero-order valence-corrected chi connectivity index (χ0v) is 18.0. The molecule has 7 nitrogen and oxygen atoms in total. The summed E-state index contributed by atoms with van der Waals surface area (Å²) in [5.41, 5.74) is 2.10. The number of hydrogen-bond acceptors (Lipinski definition) is 5. The van der Waals surface area contributed by atoms with Gasteiger partial charge in [0.25, 0.3) is 0 Å². The summed E-state index contributed by atoms with van der Waals surface area (Å²) in [5, 5.41) is 0. The number of carbonyl (C=O) groups is 1. The van der Waals surface area contributed by atoms with E-state index in [-0.39, 0.29) is 30.4 Å². The fourth-order valence-electron chi connectivity index (χ4n) is 4.19. The van der Waals surface area contributed by atoms with Crippen LogP contribution < -0.4 is 4.90 Å². The molecule has 0 unspecified atom stereocenters. The molecule has 3 heterocycles. The summed E-state index contributed by atoms with van der Waals surface area (Å²) in [5.74, 6) is 0.484. The number of carbonyl (C=O) groups excluding carboxylic acids is 1. The van der Waals surface area contributed by atoms with Crippen LogP contribution in [0.3, 0.4) is 0 Å². The van der Waals surface area contributed by atoms with Crippen molar-refractivity contribution in [3.8, 4) is 0 Å². The number of anilines is 1. The van der Waals surface area contributed by atoms with E-state index in [1.165, 1.54) is 16.4 Å². The second-order valence-corrected chi connectivity index (χ2v) is 9.99. The Morgan fingerprint density at radius 1 is 1.23 bits per heavy atom. The monoisotopic (exact) mass is 432 g/mol. The number of sulfonamides is 1. The first kappa shape index (κ1) is 20.9. The van der Waals surface area contributed by atoms with Gasteiger partial charge in [-0.05, 0) is 44.4 Å². The molecule has 0 radical (unpaired) electrons. The van der Waals surface area contributed by atoms with Crippen molar-refractivity contribution in [1.82, 2.24) is 14.3 Å². The Morgan fingerprint density at radius 2 is 2.03 bits per heavy atom. The Balaban J connectivity index is 1.72. The van der Waals surface area contributed by atoms with Gasteiger partial charge in [-0.15, -0.1) is 0 Å². The minimum Gasteiger partial charge on any atom is -0.292 e. The zero-order valence-electron chi connectivity index (χ0n) is 17.1. The van der Waals surface area contributed by atoms with Gasteiger partial charge in [-0.3, -0.25) is 9.69 Å². The molecule has 1 aromatic carbocycles. The highest BCUT2D eigenvalue weighted by molar-refractivity contribution is 7.89. The third kappa shape index (κ3) is 3.83. The number of rotatable bonds is 5. The average Bonchev–Trinajstić information content (AvgIpc) is 3.04. The van der Waals surface area contributed by atoms with E-state index >= 15 is 0 Å². The van der Waals surface area contributed by atoms with Crippen LogP contribution in [0.1, 0.15) is 54.9 Å². The number of fused-ring (bicyclic) bond motifs is 1. The van der Waals surface area contributed by atoms with E-state index in [1.54, 1.807) is 24.0 Å². The number of hydrogen-bond donors (Lipinski definition) is 0. The first-order valence-corrected chi connectivity index (χ1v) is 11.8. The van der Waals surface area contributed by atoms with Crippen molar-refractivity contribution < 1.29 is 17.6 Å². The quantitative estimate of drug-likeness (QED) is 0.726. The van der Waals surface area contributed by atoms with Gasteiger partial charge in [0.05, 0.1) is 24.8 Å². The van der Waals surface area contributed by atoms with E-state index < -0.39 is 16.1 Å². The van der Waals surface area contributed by atoms with Gasteiger partial charge in [-0.1, -0.05) is 18.6 Å². The van der Waals surface area contributed by atoms with E-state index in [9.17, 15) is 17.6 Å². The largest absolute Gasteiger partial charge is 0.292 e. The van der Waals surface area contributed by atoms with Gasteiger partial charge in [0.15, 0.2) is 0 Å². The molecule has 2 aliphatic heterocycles. The summed E-state index contributed by atoms with van der Waals surface area (Å²) >= 11 is 0. The average molecular weight is 433 g/mol. The zero-order chi connectivity index (χ0) is 21.5. The minimum atomic E-state index is -3.39. The molecule has 0 aliphatic carbocycles. The van der Waals surface area contributed by atoms with Crippen LogP contribution in [0.25, 0.3) is 0 Å². The van der Waals surface area contributed by atoms with Gasteiger partial charge in [0, 0.05) is 17.8 Å². The molecule has 0 bridgehead atoms. The Kier molecular flexibility index (Phi) is 5.59. The Bertz CT molecular complexity index is 1090. The summed E-state index contributed by atoms with van der Waals surface area (Å²) in [7, 11) is -3.39. The molecular formula is C21H25FN4O3S. The lowest BCUT2D eigenvalue weighted by atomic mass is 10.0. The molecule has 0 N–H and O–H groups in total. The van der Waals surface area contributed by atoms with Crippen molar-refractivity contribution >= 4 is 21.7 Å². The van der Waals surface area contributed by atoms with E-state index in [0.29, 0.717) is 35.9 Å². The Morgan fingerprint density at radius 3 is 2.77 bits per heavy atom. The molecule has 1 saturated heterocycles. The van der Waals surface area contributed by atoms with Crippen LogP contribution in [0.4, 0.5) is 10.2 Å². The maximum Gasteiger partial charge on any atom is 0.233 e. The second kappa shape index (κ2) is 8.03. The fraction of sp³-hybridized carbons (Fsp3) is 0.476. The molecule has 0 spiro atoms. The van der Waals surface area contributed by atoms with E-state index in [1.807, 2.05) is 6.92 Å². The van der Waals surface area contributed by atoms with Crippen LogP contribution in [0.5, 0.6) is 0 Å². The minimum absolute atomic E-state index is 0.0254. The molecule has 4 rings (SSSR count). The summed E-state index contributed by atoms with van der Waals surface area (Å²) in [6.45, 7) is 4.12. The lowest BCUT2D eigenvalue weighted by molar-refractivity contribution is -0.117. The smallest absolute Gasteiger partial charge is 0.233 e. The van der Waals surface area contributed by atoms with E-state index in [2.05, 4.69) is 9.97 Å². The molecule has 1 amide bonds. The number of amides is 1. The molecule has 2 aliphatic rings. The number of benzene rings is 1. The fourth-order valence-corrected chi connectivity index (χ4v) is 5.52. The number of nitrogens with zero attached hydrogens (tertiary/aromatic N) is 4. The van der Waals surface area contributed by atoms with Crippen LogP contribution in [-0.2, 0) is 27.8 Å². The SMILES string of the molecule is CCS(=O)(=O)N1CCCC[C@@H]1c1nc(C)c2c(n1)N(Cc1cccc(F)c1)C(=O)C2. The summed E-state index contributed by atoms with van der Waals surface area (Å²) < 4.78 is 40.3. The first-order valence-electron chi connectivity index (χ1n) is 10.2. The van der Waals surface area contributed by atoms with Crippen molar-refractivity contribution in [2.75, 3.05) is 17.2 Å². The van der Waals surface area contributed by atoms with Crippen LogP contribution in [-0.4, -0.2) is 40.9 Å². The molecule has 9 heteroatoms. The van der Waals surface area contributed by atoms with Crippen molar-refractivity contribution in [3.05, 3.63) is 52.7 Å². The van der Waals surface area contributed by atoms with E-state index in [4.69, 9.17) is 0 Å². The summed E-state index contributed by atoms with van der Waals surface area (Å²) in [6.07, 6.45) is 2.55. The van der Waals surface area contributed by atoms with Crippen molar-refractivity contribution in [3.63, 3.8) is 0 Å². The molecule has 160 valence electrons. The molecule has 1 atom stereocenters. The molecule has 30 heavy (non-hydrogen) atoms. The van der Waals surface area contributed by atoms with Gasteiger partial charge in [-0.2, -0.15) is 4.31 Å². The van der Waals surface area contributed by atoms with Crippen LogP contribution in [0.2, 0.25) is 0 Å². The Labute approximate surface area is 176 Å². The van der Waals surface area contributed by atoms with Crippen LogP contribution in [0.15, 0.2) is 24.3 Å². The topological polar surface area (TPSA) is 83.5 Å². The summed E-state index contributed by atoms with van der Waals surface area (Å²) in [4.78, 5) is 23.5. The van der Waals surface area contributed by atoms with E-state index in [0.717, 1.165) is 18.4 Å². The number of aromatic nitrogens is 2. The number of piperidine rings is 1. The molecule has 1 aromatic heterocycles. The maximum atomic E-state index is 13.6. The summed E-state index contributed by atoms with van der Waals surface area (Å²) in [6, 6.07) is 5.70. The van der Waals surface area contributed by atoms with Crippen molar-refractivity contribution in [1.29, 1.82) is 0 Å². The third-order valence-electron chi connectivity index (χ3n) is 5.80. The number of aryl methyl sites for hydroxylation is 1.